The Morgan fingerprint density at radius 3 is 2.89 bits per heavy atom. The van der Waals surface area contributed by atoms with Crippen molar-refractivity contribution in [3.8, 4) is 5.75 Å². The van der Waals surface area contributed by atoms with Gasteiger partial charge in [0.1, 0.15) is 11.6 Å². The average molecular weight is 253 g/mol. The van der Waals surface area contributed by atoms with Gasteiger partial charge in [0.25, 0.3) is 5.91 Å². The van der Waals surface area contributed by atoms with Crippen molar-refractivity contribution in [1.82, 2.24) is 4.90 Å². The van der Waals surface area contributed by atoms with E-state index >= 15 is 0 Å². The largest absolute Gasteiger partial charge is 0.484 e. The van der Waals surface area contributed by atoms with Gasteiger partial charge in [-0.15, -0.1) is 0 Å². The Kier molecular flexibility index (Phi) is 4.15. The molecule has 1 aliphatic heterocycles. The lowest BCUT2D eigenvalue weighted by molar-refractivity contribution is -0.140. The Balaban J connectivity index is 1.82. The first-order valence-electron chi connectivity index (χ1n) is 5.93. The van der Waals surface area contributed by atoms with Crippen molar-refractivity contribution in [2.75, 3.05) is 26.3 Å². The highest BCUT2D eigenvalue weighted by Gasteiger charge is 2.21. The number of halogens is 1. The van der Waals surface area contributed by atoms with Crippen LogP contribution in [0.2, 0.25) is 0 Å². The number of benzene rings is 1. The van der Waals surface area contributed by atoms with Crippen LogP contribution in [-0.4, -0.2) is 43.2 Å². The fourth-order valence-electron chi connectivity index (χ4n) is 1.81. The van der Waals surface area contributed by atoms with Gasteiger partial charge >= 0.3 is 0 Å². The quantitative estimate of drug-likeness (QED) is 0.818. The maximum absolute atomic E-state index is 12.7. The van der Waals surface area contributed by atoms with Crippen LogP contribution < -0.4 is 4.74 Å². The normalized spacial score (nSPS) is 19.7. The van der Waals surface area contributed by atoms with Crippen LogP contribution in [0.3, 0.4) is 0 Å². The second-order valence-corrected chi connectivity index (χ2v) is 4.26. The molecule has 1 atom stereocenters. The summed E-state index contributed by atoms with van der Waals surface area (Å²) < 4.78 is 23.3. The van der Waals surface area contributed by atoms with E-state index in [0.717, 1.165) is 0 Å². The molecule has 4 nitrogen and oxygen atoms in total. The maximum atomic E-state index is 12.7. The third-order valence-corrected chi connectivity index (χ3v) is 2.77. The Labute approximate surface area is 105 Å². The molecule has 0 N–H and O–H groups in total. The van der Waals surface area contributed by atoms with Gasteiger partial charge < -0.3 is 14.4 Å². The summed E-state index contributed by atoms with van der Waals surface area (Å²) in [7, 11) is 0. The fraction of sp³-hybridized carbons (Fsp3) is 0.462. The van der Waals surface area contributed by atoms with Crippen LogP contribution in [0.5, 0.6) is 5.75 Å². The van der Waals surface area contributed by atoms with Gasteiger partial charge in [-0.05, 0) is 31.2 Å². The van der Waals surface area contributed by atoms with Crippen molar-refractivity contribution in [3.63, 3.8) is 0 Å². The molecule has 0 saturated carbocycles. The molecular weight excluding hydrogens is 237 g/mol. The van der Waals surface area contributed by atoms with Crippen molar-refractivity contribution in [2.45, 2.75) is 13.0 Å². The zero-order chi connectivity index (χ0) is 13.0. The summed E-state index contributed by atoms with van der Waals surface area (Å²) in [5.74, 6) is 0.0937. The van der Waals surface area contributed by atoms with E-state index in [1.54, 1.807) is 4.90 Å². The van der Waals surface area contributed by atoms with E-state index < -0.39 is 0 Å². The highest BCUT2D eigenvalue weighted by atomic mass is 19.1. The Morgan fingerprint density at radius 2 is 2.22 bits per heavy atom. The topological polar surface area (TPSA) is 38.8 Å². The molecule has 1 saturated heterocycles. The molecule has 1 aromatic rings. The van der Waals surface area contributed by atoms with Gasteiger partial charge in [-0.1, -0.05) is 0 Å². The van der Waals surface area contributed by atoms with E-state index in [-0.39, 0.29) is 24.4 Å². The van der Waals surface area contributed by atoms with E-state index in [2.05, 4.69) is 0 Å². The molecule has 98 valence electrons. The van der Waals surface area contributed by atoms with E-state index in [1.165, 1.54) is 24.3 Å². The molecule has 1 aromatic carbocycles. The van der Waals surface area contributed by atoms with Crippen LogP contribution in [0.1, 0.15) is 6.92 Å². The summed E-state index contributed by atoms with van der Waals surface area (Å²) in [4.78, 5) is 13.6. The molecule has 0 unspecified atom stereocenters. The minimum atomic E-state index is -0.323. The lowest BCUT2D eigenvalue weighted by atomic mass is 10.3. The summed E-state index contributed by atoms with van der Waals surface area (Å²) in [6.07, 6.45) is 0.0634. The van der Waals surface area contributed by atoms with Crippen molar-refractivity contribution in [2.24, 2.45) is 0 Å². The summed E-state index contributed by atoms with van der Waals surface area (Å²) in [5.41, 5.74) is 0. The van der Waals surface area contributed by atoms with Crippen molar-refractivity contribution < 1.29 is 18.7 Å². The second kappa shape index (κ2) is 5.82. The number of carbonyl (C=O) groups is 1. The van der Waals surface area contributed by atoms with Crippen LogP contribution in [0.4, 0.5) is 4.39 Å². The molecule has 0 aliphatic carbocycles. The number of rotatable bonds is 3. The van der Waals surface area contributed by atoms with Gasteiger partial charge in [-0.2, -0.15) is 0 Å². The zero-order valence-electron chi connectivity index (χ0n) is 10.3. The lowest BCUT2D eigenvalue weighted by Crippen LogP contribution is -2.46. The molecule has 0 spiro atoms. The summed E-state index contributed by atoms with van der Waals surface area (Å²) in [6.45, 7) is 3.64. The summed E-state index contributed by atoms with van der Waals surface area (Å²) in [6, 6.07) is 5.61. The Hall–Kier alpha value is -1.62. The molecule has 0 aromatic heterocycles. The number of ether oxygens (including phenoxy) is 2. The summed E-state index contributed by atoms with van der Waals surface area (Å²) in [5, 5.41) is 0. The molecule has 1 fully saturated rings. The number of nitrogens with zero attached hydrogens (tertiary/aromatic N) is 1. The van der Waals surface area contributed by atoms with Crippen LogP contribution in [-0.2, 0) is 9.53 Å². The van der Waals surface area contributed by atoms with Crippen molar-refractivity contribution in [1.29, 1.82) is 0 Å². The van der Waals surface area contributed by atoms with Gasteiger partial charge in [-0.3, -0.25) is 4.79 Å². The molecule has 5 heteroatoms. The van der Waals surface area contributed by atoms with Crippen molar-refractivity contribution >= 4 is 5.91 Å². The maximum Gasteiger partial charge on any atom is 0.260 e. The molecule has 0 bridgehead atoms. The monoisotopic (exact) mass is 253 g/mol. The minimum absolute atomic E-state index is 0.0294. The highest BCUT2D eigenvalue weighted by molar-refractivity contribution is 5.77. The molecule has 1 heterocycles. The predicted molar refractivity (Wildman–Crippen MR) is 63.9 cm³/mol. The third kappa shape index (κ3) is 3.43. The summed E-state index contributed by atoms with van der Waals surface area (Å²) >= 11 is 0. The number of hydrogen-bond acceptors (Lipinski definition) is 3. The first kappa shape index (κ1) is 12.8. The van der Waals surface area contributed by atoms with Crippen LogP contribution in [0.25, 0.3) is 0 Å². The number of morpholine rings is 1. The molecular formula is C13H16FNO3. The van der Waals surface area contributed by atoms with Gasteiger partial charge in [0, 0.05) is 13.1 Å². The minimum Gasteiger partial charge on any atom is -0.484 e. The van der Waals surface area contributed by atoms with Gasteiger partial charge in [0.15, 0.2) is 6.61 Å². The Morgan fingerprint density at radius 1 is 1.50 bits per heavy atom. The fourth-order valence-corrected chi connectivity index (χ4v) is 1.81. The average Bonchev–Trinajstić information content (AvgIpc) is 2.38. The highest BCUT2D eigenvalue weighted by Crippen LogP contribution is 2.11. The standard InChI is InChI=1S/C13H16FNO3/c1-10-8-15(6-7-17-10)13(16)9-18-12-4-2-11(14)3-5-12/h2-5,10H,6-9H2,1H3/t10-/m0/s1. The lowest BCUT2D eigenvalue weighted by Gasteiger charge is -2.31. The zero-order valence-corrected chi connectivity index (χ0v) is 10.3. The molecule has 18 heavy (non-hydrogen) atoms. The SMILES string of the molecule is C[C@H]1CN(C(=O)COc2ccc(F)cc2)CCO1. The van der Waals surface area contributed by atoms with E-state index in [4.69, 9.17) is 9.47 Å². The smallest absolute Gasteiger partial charge is 0.260 e. The Bertz CT molecular complexity index is 407. The van der Waals surface area contributed by atoms with Crippen LogP contribution in [0.15, 0.2) is 24.3 Å². The van der Waals surface area contributed by atoms with Gasteiger partial charge in [0.2, 0.25) is 0 Å². The number of amides is 1. The van der Waals surface area contributed by atoms with E-state index in [1.807, 2.05) is 6.92 Å². The molecule has 2 rings (SSSR count). The number of hydrogen-bond donors (Lipinski definition) is 0. The first-order chi connectivity index (χ1) is 8.65. The van der Waals surface area contributed by atoms with Crippen LogP contribution in [0, 0.1) is 5.82 Å². The molecule has 1 amide bonds. The van der Waals surface area contributed by atoms with E-state index in [0.29, 0.717) is 25.4 Å². The molecule has 0 radical (unpaired) electrons. The van der Waals surface area contributed by atoms with Gasteiger partial charge in [0.05, 0.1) is 12.7 Å². The third-order valence-electron chi connectivity index (χ3n) is 2.77. The predicted octanol–water partition coefficient (Wildman–Crippen LogP) is 1.45. The molecule has 1 aliphatic rings. The van der Waals surface area contributed by atoms with E-state index in [9.17, 15) is 9.18 Å². The van der Waals surface area contributed by atoms with Gasteiger partial charge in [-0.25, -0.2) is 4.39 Å². The second-order valence-electron chi connectivity index (χ2n) is 4.26. The van der Waals surface area contributed by atoms with Crippen LogP contribution >= 0.6 is 0 Å². The number of carbonyl (C=O) groups excluding carboxylic acids is 1. The van der Waals surface area contributed by atoms with Crippen molar-refractivity contribution in [3.05, 3.63) is 30.1 Å². The first-order valence-corrected chi connectivity index (χ1v) is 5.93.